The molecule has 0 aromatic carbocycles. The van der Waals surface area contributed by atoms with Gasteiger partial charge in [-0.1, -0.05) is 0 Å². The molecule has 0 aliphatic rings. The van der Waals surface area contributed by atoms with Gasteiger partial charge in [-0.25, -0.2) is 4.79 Å². The topological polar surface area (TPSA) is 511 Å². The zero-order chi connectivity index (χ0) is 45.2. The van der Waals surface area contributed by atoms with Crippen molar-refractivity contribution in [2.24, 2.45) is 38.7 Å². The summed E-state index contributed by atoms with van der Waals surface area (Å²) in [4.78, 5) is 131. The number of amides is 7. The van der Waals surface area contributed by atoms with Crippen molar-refractivity contribution in [2.75, 3.05) is 39.4 Å². The Bertz CT molecular complexity index is 1570. The normalized spacial score (nSPS) is 13.5. The number of carboxylic acid groups (broad SMARTS) is 3. The molecule has 0 unspecified atom stereocenters. The van der Waals surface area contributed by atoms with Gasteiger partial charge in [-0.3, -0.25) is 53.1 Å². The molecule has 0 saturated heterocycles. The van der Waals surface area contributed by atoms with E-state index in [2.05, 4.69) is 31.3 Å². The van der Waals surface area contributed by atoms with Crippen LogP contribution in [0.3, 0.4) is 0 Å². The van der Waals surface area contributed by atoms with Crippen LogP contribution in [-0.2, 0) is 47.9 Å². The van der Waals surface area contributed by atoms with Gasteiger partial charge in [0.1, 0.15) is 36.3 Å². The molecule has 0 saturated carbocycles. The van der Waals surface area contributed by atoms with Crippen LogP contribution in [0, 0.1) is 0 Å². The van der Waals surface area contributed by atoms with Crippen LogP contribution in [0.4, 0.5) is 0 Å². The van der Waals surface area contributed by atoms with Gasteiger partial charge in [-0.2, -0.15) is 0 Å². The largest absolute Gasteiger partial charge is 0.481 e. The van der Waals surface area contributed by atoms with E-state index in [0.717, 1.165) is 0 Å². The Morgan fingerprint density at radius 2 is 0.881 bits per heavy atom. The Morgan fingerprint density at radius 3 is 1.27 bits per heavy atom. The van der Waals surface area contributed by atoms with Crippen LogP contribution in [0.2, 0.25) is 0 Å². The molecule has 0 bridgehead atoms. The van der Waals surface area contributed by atoms with Gasteiger partial charge >= 0.3 is 17.9 Å². The fourth-order valence-corrected chi connectivity index (χ4v) is 4.47. The van der Waals surface area contributed by atoms with Crippen LogP contribution < -0.4 is 65.9 Å². The Balaban J connectivity index is 5.76. The quantitative estimate of drug-likeness (QED) is 0.0189. The molecule has 332 valence electrons. The Morgan fingerprint density at radius 1 is 0.492 bits per heavy atom. The standard InChI is InChI=1S/C30H52N14O15/c31-13(11-45)23(53)42-16(7-21(49)50)24(54)38-9-19(47)40-14(3-1-5-36-29(32)33)26(56)44-18(12-46)27(57)43-17(8-22(51)52)25(55)39-10-20(48)41-15(28(58)59)4-2-6-37-30(34)35/h13-18,45-46H,1-12,31H2,(H,38,54)(H,39,55)(H,40,47)(H,41,48)(H,42,53)(H,43,57)(H,44,56)(H,49,50)(H,51,52)(H,58,59)(H4,32,33,36)(H4,34,35,37)/t13-,14-,15-,16-,17-,18-/m0/s1. The predicted molar refractivity (Wildman–Crippen MR) is 200 cm³/mol. The summed E-state index contributed by atoms with van der Waals surface area (Å²) in [6.07, 6.45) is -2.16. The van der Waals surface area contributed by atoms with Crippen molar-refractivity contribution in [1.29, 1.82) is 0 Å². The molecule has 0 aliphatic carbocycles. The highest BCUT2D eigenvalue weighted by Gasteiger charge is 2.32. The Kier molecular flexibility index (Phi) is 24.4. The molecule has 0 aromatic rings. The summed E-state index contributed by atoms with van der Waals surface area (Å²) in [6.45, 7) is -3.72. The summed E-state index contributed by atoms with van der Waals surface area (Å²) in [5, 5.41) is 61.4. The number of carbonyl (C=O) groups excluding carboxylic acids is 7. The van der Waals surface area contributed by atoms with Crippen molar-refractivity contribution in [3.05, 3.63) is 0 Å². The average molecular weight is 849 g/mol. The number of carbonyl (C=O) groups is 10. The van der Waals surface area contributed by atoms with E-state index in [9.17, 15) is 63.3 Å². The van der Waals surface area contributed by atoms with E-state index in [0.29, 0.717) is 0 Å². The third-order valence-corrected chi connectivity index (χ3v) is 7.39. The van der Waals surface area contributed by atoms with Gasteiger partial charge in [0.2, 0.25) is 41.4 Å². The van der Waals surface area contributed by atoms with Crippen LogP contribution >= 0.6 is 0 Å². The highest BCUT2D eigenvalue weighted by molar-refractivity contribution is 5.97. The zero-order valence-corrected chi connectivity index (χ0v) is 31.5. The summed E-state index contributed by atoms with van der Waals surface area (Å²) < 4.78 is 0. The molecule has 0 rings (SSSR count). The number of carboxylic acids is 3. The van der Waals surface area contributed by atoms with Gasteiger partial charge in [-0.15, -0.1) is 0 Å². The van der Waals surface area contributed by atoms with E-state index in [4.69, 9.17) is 38.9 Å². The molecular formula is C30H52N14O15. The van der Waals surface area contributed by atoms with Crippen molar-refractivity contribution >= 4 is 71.2 Å². The number of aliphatic carboxylic acids is 3. The molecule has 0 heterocycles. The maximum Gasteiger partial charge on any atom is 0.326 e. The number of aliphatic hydroxyl groups excluding tert-OH is 2. The third-order valence-electron chi connectivity index (χ3n) is 7.39. The SMILES string of the molecule is NC(N)=NCCC[C@H](NC(=O)CNC(=O)[C@H](CC(=O)O)NC(=O)[C@H](CO)NC(=O)[C@H](CCCN=C(N)N)NC(=O)CNC(=O)[C@H](CC(=O)O)NC(=O)[C@@H](N)CO)C(=O)O. The van der Waals surface area contributed by atoms with Crippen LogP contribution in [0.5, 0.6) is 0 Å². The summed E-state index contributed by atoms with van der Waals surface area (Å²) in [5.74, 6) is -13.0. The van der Waals surface area contributed by atoms with E-state index in [1.165, 1.54) is 0 Å². The number of aliphatic hydroxyl groups is 2. The first-order valence-electron chi connectivity index (χ1n) is 17.4. The number of nitrogens with two attached hydrogens (primary N) is 5. The number of hydrogen-bond donors (Lipinski definition) is 17. The molecular weight excluding hydrogens is 796 g/mol. The molecule has 0 radical (unpaired) electrons. The molecule has 0 aliphatic heterocycles. The molecule has 29 nitrogen and oxygen atoms in total. The van der Waals surface area contributed by atoms with E-state index in [1.54, 1.807) is 0 Å². The minimum absolute atomic E-state index is 0.0239. The van der Waals surface area contributed by atoms with Crippen molar-refractivity contribution < 1.29 is 73.5 Å². The Labute approximate surface area is 334 Å². The fraction of sp³-hybridized carbons (Fsp3) is 0.600. The molecule has 7 amide bonds. The van der Waals surface area contributed by atoms with Crippen molar-refractivity contribution in [2.45, 2.75) is 74.8 Å². The van der Waals surface area contributed by atoms with E-state index >= 15 is 0 Å². The monoisotopic (exact) mass is 848 g/mol. The molecule has 0 aromatic heterocycles. The molecule has 22 N–H and O–H groups in total. The van der Waals surface area contributed by atoms with E-state index < -0.39 is 135 Å². The number of rotatable bonds is 29. The zero-order valence-electron chi connectivity index (χ0n) is 31.5. The van der Waals surface area contributed by atoms with Crippen LogP contribution in [-0.4, -0.2) is 172 Å². The minimum Gasteiger partial charge on any atom is -0.481 e. The van der Waals surface area contributed by atoms with E-state index in [-0.39, 0.29) is 50.7 Å². The highest BCUT2D eigenvalue weighted by Crippen LogP contribution is 2.03. The van der Waals surface area contributed by atoms with E-state index in [1.807, 2.05) is 16.0 Å². The maximum atomic E-state index is 13.3. The number of nitrogens with zero attached hydrogens (tertiary/aromatic N) is 2. The van der Waals surface area contributed by atoms with Crippen molar-refractivity contribution in [3.63, 3.8) is 0 Å². The first-order valence-corrected chi connectivity index (χ1v) is 17.4. The lowest BCUT2D eigenvalue weighted by Gasteiger charge is -2.24. The number of nitrogens with one attached hydrogen (secondary N) is 7. The van der Waals surface area contributed by atoms with Crippen molar-refractivity contribution in [1.82, 2.24) is 37.2 Å². The minimum atomic E-state index is -1.90. The first kappa shape index (κ1) is 52.1. The van der Waals surface area contributed by atoms with Gasteiger partial charge in [0.05, 0.1) is 39.1 Å². The first-order chi connectivity index (χ1) is 27.6. The van der Waals surface area contributed by atoms with Gasteiger partial charge in [0.25, 0.3) is 0 Å². The van der Waals surface area contributed by atoms with Gasteiger partial charge < -0.3 is 91.4 Å². The number of aliphatic imine (C=N–C) groups is 2. The van der Waals surface area contributed by atoms with Gasteiger partial charge in [0.15, 0.2) is 11.9 Å². The molecule has 29 heteroatoms. The summed E-state index contributed by atoms with van der Waals surface area (Å²) in [6, 6.07) is -9.96. The molecule has 59 heavy (non-hydrogen) atoms. The average Bonchev–Trinajstić information content (AvgIpc) is 3.15. The number of hydrogen-bond acceptors (Lipinski definition) is 15. The lowest BCUT2D eigenvalue weighted by Crippen LogP contribution is -2.59. The van der Waals surface area contributed by atoms with Crippen LogP contribution in [0.1, 0.15) is 38.5 Å². The second-order valence-corrected chi connectivity index (χ2v) is 12.3. The highest BCUT2D eigenvalue weighted by atomic mass is 16.4. The summed E-state index contributed by atoms with van der Waals surface area (Å²) >= 11 is 0. The van der Waals surface area contributed by atoms with Gasteiger partial charge in [0, 0.05) is 13.1 Å². The molecule has 6 atom stereocenters. The summed E-state index contributed by atoms with van der Waals surface area (Å²) in [5.41, 5.74) is 26.4. The third kappa shape index (κ3) is 23.1. The fourth-order valence-electron chi connectivity index (χ4n) is 4.47. The lowest BCUT2D eigenvalue weighted by molar-refractivity contribution is -0.142. The number of guanidine groups is 2. The van der Waals surface area contributed by atoms with Gasteiger partial charge in [-0.05, 0) is 25.7 Å². The lowest BCUT2D eigenvalue weighted by atomic mass is 10.1. The second-order valence-electron chi connectivity index (χ2n) is 12.3. The summed E-state index contributed by atoms with van der Waals surface area (Å²) in [7, 11) is 0. The Hall–Kier alpha value is -6.88. The van der Waals surface area contributed by atoms with Crippen LogP contribution in [0.25, 0.3) is 0 Å². The smallest absolute Gasteiger partial charge is 0.326 e. The molecule has 0 fully saturated rings. The second kappa shape index (κ2) is 27.7. The van der Waals surface area contributed by atoms with Crippen molar-refractivity contribution in [3.8, 4) is 0 Å². The maximum absolute atomic E-state index is 13.3. The molecule has 0 spiro atoms. The van der Waals surface area contributed by atoms with Crippen LogP contribution in [0.15, 0.2) is 9.98 Å². The predicted octanol–water partition coefficient (Wildman–Crippen LogP) is -9.90.